The zero-order valence-corrected chi connectivity index (χ0v) is 19.0. The number of rotatable bonds is 8. The van der Waals surface area contributed by atoms with Gasteiger partial charge in [-0.15, -0.1) is 0 Å². The number of aromatic nitrogens is 2. The van der Waals surface area contributed by atoms with Gasteiger partial charge in [0, 0.05) is 17.5 Å². The van der Waals surface area contributed by atoms with Crippen LogP contribution >= 0.6 is 15.9 Å². The topological polar surface area (TPSA) is 85.4 Å². The lowest BCUT2D eigenvalue weighted by Gasteiger charge is -2.19. The van der Waals surface area contributed by atoms with E-state index in [9.17, 15) is 18.0 Å². The highest BCUT2D eigenvalue weighted by molar-refractivity contribution is 9.10. The molecule has 2 N–H and O–H groups in total. The number of amides is 1. The SMILES string of the molecule is COc1cc(Br)cc2ncnc(Nc3ccc(F)cc3O[C@H](C)C(=O)NCC(C)(F)F)c12. The van der Waals surface area contributed by atoms with Crippen molar-refractivity contribution in [2.75, 3.05) is 19.0 Å². The molecule has 0 spiro atoms. The molecule has 3 rings (SSSR count). The summed E-state index contributed by atoms with van der Waals surface area (Å²) in [6.45, 7) is 1.22. The number of carbonyl (C=O) groups is 1. The molecule has 0 aliphatic heterocycles. The molecule has 0 saturated heterocycles. The maximum atomic E-state index is 13.9. The summed E-state index contributed by atoms with van der Waals surface area (Å²) < 4.78 is 51.7. The lowest BCUT2D eigenvalue weighted by atomic mass is 10.2. The Kier molecular flexibility index (Phi) is 7.07. The molecule has 170 valence electrons. The molecule has 0 saturated carbocycles. The van der Waals surface area contributed by atoms with E-state index in [4.69, 9.17) is 9.47 Å². The molecule has 0 aliphatic rings. The average molecular weight is 513 g/mol. The van der Waals surface area contributed by atoms with E-state index in [-0.39, 0.29) is 5.75 Å². The van der Waals surface area contributed by atoms with Gasteiger partial charge in [-0.05, 0) is 31.2 Å². The van der Waals surface area contributed by atoms with Gasteiger partial charge in [-0.2, -0.15) is 0 Å². The van der Waals surface area contributed by atoms with Gasteiger partial charge >= 0.3 is 0 Å². The van der Waals surface area contributed by atoms with Crippen LogP contribution in [0, 0.1) is 5.82 Å². The van der Waals surface area contributed by atoms with Crippen molar-refractivity contribution in [2.45, 2.75) is 25.9 Å². The number of anilines is 2. The lowest BCUT2D eigenvalue weighted by Crippen LogP contribution is -2.41. The summed E-state index contributed by atoms with van der Waals surface area (Å²) in [5, 5.41) is 5.72. The van der Waals surface area contributed by atoms with Gasteiger partial charge in [0.2, 0.25) is 0 Å². The number of carbonyl (C=O) groups excluding carboxylic acids is 1. The van der Waals surface area contributed by atoms with E-state index < -0.39 is 30.3 Å². The standard InChI is InChI=1S/C21H20BrF3N4O3/c1-11(20(30)26-9-21(2,24)25)32-16-8-13(23)4-5-14(16)29-19-18-15(27-10-28-19)6-12(22)7-17(18)31-3/h4-8,10-11H,9H2,1-3H3,(H,26,30)(H,27,28,29)/t11-/m1/s1. The highest BCUT2D eigenvalue weighted by atomic mass is 79.9. The smallest absolute Gasteiger partial charge is 0.262 e. The van der Waals surface area contributed by atoms with E-state index in [0.717, 1.165) is 10.5 Å². The molecule has 1 aromatic heterocycles. The Morgan fingerprint density at radius 1 is 1.22 bits per heavy atom. The van der Waals surface area contributed by atoms with Crippen molar-refractivity contribution in [3.8, 4) is 11.5 Å². The number of methoxy groups -OCH3 is 1. The van der Waals surface area contributed by atoms with Crippen molar-refractivity contribution in [1.29, 1.82) is 0 Å². The summed E-state index contributed by atoms with van der Waals surface area (Å²) in [7, 11) is 1.50. The van der Waals surface area contributed by atoms with Crippen LogP contribution in [0.2, 0.25) is 0 Å². The van der Waals surface area contributed by atoms with E-state index >= 15 is 0 Å². The first-order valence-corrected chi connectivity index (χ1v) is 10.2. The Morgan fingerprint density at radius 3 is 2.66 bits per heavy atom. The van der Waals surface area contributed by atoms with Crippen LogP contribution in [-0.4, -0.2) is 41.6 Å². The van der Waals surface area contributed by atoms with E-state index in [0.29, 0.717) is 35.1 Å². The number of hydrogen-bond donors (Lipinski definition) is 2. The fourth-order valence-electron chi connectivity index (χ4n) is 2.83. The molecule has 1 heterocycles. The van der Waals surface area contributed by atoms with Crippen LogP contribution in [0.25, 0.3) is 10.9 Å². The molecule has 7 nitrogen and oxygen atoms in total. The van der Waals surface area contributed by atoms with Gasteiger partial charge < -0.3 is 20.1 Å². The van der Waals surface area contributed by atoms with Crippen molar-refractivity contribution in [3.63, 3.8) is 0 Å². The van der Waals surface area contributed by atoms with Crippen LogP contribution in [0.4, 0.5) is 24.7 Å². The second-order valence-electron chi connectivity index (χ2n) is 7.04. The lowest BCUT2D eigenvalue weighted by molar-refractivity contribution is -0.128. The molecule has 0 bridgehead atoms. The van der Waals surface area contributed by atoms with Crippen molar-refractivity contribution in [2.24, 2.45) is 0 Å². The molecular weight excluding hydrogens is 493 g/mol. The highest BCUT2D eigenvalue weighted by Gasteiger charge is 2.25. The molecule has 11 heteroatoms. The second-order valence-corrected chi connectivity index (χ2v) is 7.95. The summed E-state index contributed by atoms with van der Waals surface area (Å²) >= 11 is 3.39. The molecule has 32 heavy (non-hydrogen) atoms. The largest absolute Gasteiger partial charge is 0.496 e. The number of nitrogens with one attached hydrogen (secondary N) is 2. The minimum Gasteiger partial charge on any atom is -0.496 e. The second kappa shape index (κ2) is 9.60. The molecular formula is C21H20BrF3N4O3. The van der Waals surface area contributed by atoms with Gasteiger partial charge in [0.15, 0.2) is 6.10 Å². The minimum atomic E-state index is -3.07. The summed E-state index contributed by atoms with van der Waals surface area (Å²) in [5.74, 6) is -3.58. The van der Waals surface area contributed by atoms with E-state index in [2.05, 4.69) is 36.5 Å². The average Bonchev–Trinajstić information content (AvgIpc) is 2.72. The van der Waals surface area contributed by atoms with Gasteiger partial charge in [-0.1, -0.05) is 15.9 Å². The molecule has 0 unspecified atom stereocenters. The Morgan fingerprint density at radius 2 is 1.97 bits per heavy atom. The number of hydrogen-bond acceptors (Lipinski definition) is 6. The zero-order valence-electron chi connectivity index (χ0n) is 17.4. The van der Waals surface area contributed by atoms with Crippen LogP contribution in [0.15, 0.2) is 41.1 Å². The Hall–Kier alpha value is -3.08. The fourth-order valence-corrected chi connectivity index (χ4v) is 3.26. The monoisotopic (exact) mass is 512 g/mol. The molecule has 1 atom stereocenters. The predicted molar refractivity (Wildman–Crippen MR) is 117 cm³/mol. The van der Waals surface area contributed by atoms with Crippen LogP contribution in [0.3, 0.4) is 0 Å². The van der Waals surface area contributed by atoms with Crippen molar-refractivity contribution < 1.29 is 27.4 Å². The van der Waals surface area contributed by atoms with Crippen molar-refractivity contribution >= 4 is 44.2 Å². The third kappa shape index (κ3) is 5.78. The molecule has 2 aromatic carbocycles. The number of fused-ring (bicyclic) bond motifs is 1. The first-order valence-electron chi connectivity index (χ1n) is 9.44. The predicted octanol–water partition coefficient (Wildman–Crippen LogP) is 4.82. The van der Waals surface area contributed by atoms with Gasteiger partial charge in [0.05, 0.1) is 30.2 Å². The molecule has 0 fully saturated rings. The summed E-state index contributed by atoms with van der Waals surface area (Å²) in [5.41, 5.74) is 0.892. The number of benzene rings is 2. The normalized spacial score (nSPS) is 12.3. The van der Waals surface area contributed by atoms with Crippen molar-refractivity contribution in [1.82, 2.24) is 15.3 Å². The Bertz CT molecular complexity index is 1140. The van der Waals surface area contributed by atoms with Crippen molar-refractivity contribution in [3.05, 3.63) is 46.9 Å². The third-order valence-electron chi connectivity index (χ3n) is 4.33. The number of alkyl halides is 2. The summed E-state index contributed by atoms with van der Waals surface area (Å²) in [6.07, 6.45) is 0.189. The number of halogens is 4. The summed E-state index contributed by atoms with van der Waals surface area (Å²) in [4.78, 5) is 20.6. The summed E-state index contributed by atoms with van der Waals surface area (Å²) in [6, 6.07) is 7.22. The fraction of sp³-hybridized carbons (Fsp3) is 0.286. The molecule has 0 aliphatic carbocycles. The van der Waals surface area contributed by atoms with Crippen LogP contribution in [0.5, 0.6) is 11.5 Å². The molecule has 0 radical (unpaired) electrons. The molecule has 1 amide bonds. The highest BCUT2D eigenvalue weighted by Crippen LogP contribution is 2.36. The Labute approximate surface area is 190 Å². The quantitative estimate of drug-likeness (QED) is 0.450. The van der Waals surface area contributed by atoms with E-state index in [1.165, 1.54) is 32.5 Å². The van der Waals surface area contributed by atoms with Gasteiger partial charge in [-0.25, -0.2) is 23.1 Å². The third-order valence-corrected chi connectivity index (χ3v) is 4.79. The Balaban J connectivity index is 1.90. The van der Waals surface area contributed by atoms with Gasteiger partial charge in [0.1, 0.15) is 29.5 Å². The van der Waals surface area contributed by atoms with E-state index in [1.807, 2.05) is 0 Å². The van der Waals surface area contributed by atoms with Gasteiger partial charge in [0.25, 0.3) is 11.8 Å². The van der Waals surface area contributed by atoms with Crippen LogP contribution in [0.1, 0.15) is 13.8 Å². The minimum absolute atomic E-state index is 0.00116. The first-order chi connectivity index (χ1) is 15.1. The number of nitrogens with zero attached hydrogens (tertiary/aromatic N) is 2. The van der Waals surface area contributed by atoms with E-state index in [1.54, 1.807) is 12.1 Å². The maximum Gasteiger partial charge on any atom is 0.262 e. The number of ether oxygens (including phenoxy) is 2. The first kappa shape index (κ1) is 23.6. The molecule has 3 aromatic rings. The van der Waals surface area contributed by atoms with Crippen LogP contribution < -0.4 is 20.1 Å². The van der Waals surface area contributed by atoms with Gasteiger partial charge in [-0.3, -0.25) is 4.79 Å². The maximum absolute atomic E-state index is 13.9. The zero-order chi connectivity index (χ0) is 23.5. The van der Waals surface area contributed by atoms with Crippen LogP contribution in [-0.2, 0) is 4.79 Å².